The molecule has 0 fully saturated rings. The zero-order valence-electron chi connectivity index (χ0n) is 10.8. The van der Waals surface area contributed by atoms with Crippen LogP contribution < -0.4 is 16.6 Å². The predicted molar refractivity (Wildman–Crippen MR) is 75.0 cm³/mol. The first-order valence-electron chi connectivity index (χ1n) is 5.88. The second-order valence-electron chi connectivity index (χ2n) is 4.12. The van der Waals surface area contributed by atoms with E-state index in [-0.39, 0.29) is 11.5 Å². The van der Waals surface area contributed by atoms with Crippen molar-refractivity contribution in [3.8, 4) is 0 Å². The topological polar surface area (TPSA) is 119 Å². The number of nitrogens with one attached hydrogen (secondary N) is 2. The van der Waals surface area contributed by atoms with Gasteiger partial charge in [-0.1, -0.05) is 6.07 Å². The molecule has 8 heteroatoms. The van der Waals surface area contributed by atoms with Crippen LogP contribution in [0.3, 0.4) is 0 Å². The van der Waals surface area contributed by atoms with Gasteiger partial charge in [-0.25, -0.2) is 10.8 Å². The lowest BCUT2D eigenvalue weighted by molar-refractivity contribution is -0.384. The van der Waals surface area contributed by atoms with E-state index in [1.165, 1.54) is 12.1 Å². The first kappa shape index (κ1) is 13.7. The van der Waals surface area contributed by atoms with Gasteiger partial charge >= 0.3 is 0 Å². The standard InChI is InChI=1S/C12H14N6O2/c1-8-3-2-4-9(15-8)7-14-11-5-10(18(19)20)6-12(16-11)17-13/h2-6H,7,13H2,1H3,(H2,14,16,17). The van der Waals surface area contributed by atoms with Crippen molar-refractivity contribution in [2.24, 2.45) is 5.84 Å². The van der Waals surface area contributed by atoms with Gasteiger partial charge in [-0.2, -0.15) is 0 Å². The molecule has 2 heterocycles. The number of hydrazine groups is 1. The van der Waals surface area contributed by atoms with Gasteiger partial charge in [0.15, 0.2) is 0 Å². The van der Waals surface area contributed by atoms with Crippen molar-refractivity contribution in [1.29, 1.82) is 0 Å². The van der Waals surface area contributed by atoms with E-state index in [1.54, 1.807) is 0 Å². The van der Waals surface area contributed by atoms with Crippen molar-refractivity contribution in [2.45, 2.75) is 13.5 Å². The highest BCUT2D eigenvalue weighted by molar-refractivity contribution is 5.54. The van der Waals surface area contributed by atoms with E-state index in [1.807, 2.05) is 25.1 Å². The summed E-state index contributed by atoms with van der Waals surface area (Å²) in [6, 6.07) is 8.25. The molecule has 0 atom stereocenters. The van der Waals surface area contributed by atoms with Gasteiger partial charge in [0.25, 0.3) is 5.69 Å². The maximum atomic E-state index is 10.8. The molecule has 2 aromatic rings. The zero-order valence-corrected chi connectivity index (χ0v) is 10.8. The van der Waals surface area contributed by atoms with Crippen molar-refractivity contribution in [3.63, 3.8) is 0 Å². The highest BCUT2D eigenvalue weighted by Gasteiger charge is 2.10. The smallest absolute Gasteiger partial charge is 0.276 e. The van der Waals surface area contributed by atoms with Gasteiger partial charge in [-0.3, -0.25) is 15.1 Å². The molecule has 0 aromatic carbocycles. The summed E-state index contributed by atoms with van der Waals surface area (Å²) in [5, 5.41) is 13.8. The molecule has 0 aliphatic rings. The van der Waals surface area contributed by atoms with Crippen LogP contribution in [-0.2, 0) is 6.54 Å². The number of hydrogen-bond acceptors (Lipinski definition) is 7. The molecular weight excluding hydrogens is 260 g/mol. The van der Waals surface area contributed by atoms with Gasteiger partial charge in [0.1, 0.15) is 11.6 Å². The van der Waals surface area contributed by atoms with Crippen LogP contribution in [0.2, 0.25) is 0 Å². The molecule has 0 aliphatic heterocycles. The Balaban J connectivity index is 2.16. The summed E-state index contributed by atoms with van der Waals surface area (Å²) in [4.78, 5) is 18.7. The fourth-order valence-electron chi connectivity index (χ4n) is 1.67. The van der Waals surface area contributed by atoms with E-state index in [0.717, 1.165) is 11.4 Å². The Hall–Kier alpha value is -2.74. The predicted octanol–water partition coefficient (Wildman–Crippen LogP) is 1.59. The lowest BCUT2D eigenvalue weighted by atomic mass is 10.3. The van der Waals surface area contributed by atoms with E-state index in [9.17, 15) is 10.1 Å². The van der Waals surface area contributed by atoms with Crippen LogP contribution in [0.15, 0.2) is 30.3 Å². The van der Waals surface area contributed by atoms with Crippen LogP contribution in [0, 0.1) is 17.0 Å². The first-order valence-corrected chi connectivity index (χ1v) is 5.88. The Bertz CT molecular complexity index is 631. The largest absolute Gasteiger partial charge is 0.364 e. The summed E-state index contributed by atoms with van der Waals surface area (Å²) in [7, 11) is 0. The molecule has 0 spiro atoms. The molecule has 0 saturated carbocycles. The van der Waals surface area contributed by atoms with Crippen molar-refractivity contribution in [2.75, 3.05) is 10.7 Å². The number of aromatic nitrogens is 2. The van der Waals surface area contributed by atoms with Crippen LogP contribution in [0.25, 0.3) is 0 Å². The minimum Gasteiger partial charge on any atom is -0.364 e. The van der Waals surface area contributed by atoms with Crippen molar-refractivity contribution >= 4 is 17.3 Å². The summed E-state index contributed by atoms with van der Waals surface area (Å²) in [5.41, 5.74) is 3.93. The normalized spacial score (nSPS) is 10.1. The van der Waals surface area contributed by atoms with Crippen LogP contribution in [-0.4, -0.2) is 14.9 Å². The number of anilines is 2. The summed E-state index contributed by atoms with van der Waals surface area (Å²) in [6.45, 7) is 2.31. The molecule has 8 nitrogen and oxygen atoms in total. The third-order valence-corrected chi connectivity index (χ3v) is 2.57. The first-order chi connectivity index (χ1) is 9.58. The number of rotatable bonds is 5. The van der Waals surface area contributed by atoms with Crippen LogP contribution in [0.5, 0.6) is 0 Å². The average molecular weight is 274 g/mol. The Morgan fingerprint density at radius 3 is 2.70 bits per heavy atom. The Labute approximate surface area is 115 Å². The molecule has 104 valence electrons. The molecule has 0 unspecified atom stereocenters. The Morgan fingerprint density at radius 2 is 2.05 bits per heavy atom. The monoisotopic (exact) mass is 274 g/mol. The summed E-state index contributed by atoms with van der Waals surface area (Å²) in [6.07, 6.45) is 0. The van der Waals surface area contributed by atoms with Gasteiger partial charge in [0.2, 0.25) is 0 Å². The van der Waals surface area contributed by atoms with E-state index < -0.39 is 4.92 Å². The summed E-state index contributed by atoms with van der Waals surface area (Å²) >= 11 is 0. The number of nitrogens with zero attached hydrogens (tertiary/aromatic N) is 3. The van der Waals surface area contributed by atoms with E-state index in [4.69, 9.17) is 5.84 Å². The highest BCUT2D eigenvalue weighted by atomic mass is 16.6. The van der Waals surface area contributed by atoms with Crippen LogP contribution >= 0.6 is 0 Å². The van der Waals surface area contributed by atoms with Gasteiger partial charge < -0.3 is 10.7 Å². The van der Waals surface area contributed by atoms with Gasteiger partial charge in [-0.05, 0) is 19.1 Å². The molecule has 4 N–H and O–H groups in total. The second-order valence-corrected chi connectivity index (χ2v) is 4.12. The molecule has 0 amide bonds. The van der Waals surface area contributed by atoms with E-state index in [0.29, 0.717) is 12.4 Å². The number of aryl methyl sites for hydroxylation is 1. The summed E-state index contributed by atoms with van der Waals surface area (Å²) in [5.74, 6) is 5.82. The molecule has 0 bridgehead atoms. The van der Waals surface area contributed by atoms with Crippen molar-refractivity contribution < 1.29 is 4.92 Å². The van der Waals surface area contributed by atoms with Crippen LogP contribution in [0.4, 0.5) is 17.3 Å². The van der Waals surface area contributed by atoms with Gasteiger partial charge in [0.05, 0.1) is 29.3 Å². The van der Waals surface area contributed by atoms with Crippen molar-refractivity contribution in [3.05, 3.63) is 51.8 Å². The average Bonchev–Trinajstić information content (AvgIpc) is 2.45. The van der Waals surface area contributed by atoms with Crippen molar-refractivity contribution in [1.82, 2.24) is 9.97 Å². The molecule has 0 radical (unpaired) electrons. The minimum atomic E-state index is -0.501. The van der Waals surface area contributed by atoms with E-state index >= 15 is 0 Å². The molecular formula is C12H14N6O2. The summed E-state index contributed by atoms with van der Waals surface area (Å²) < 4.78 is 0. The van der Waals surface area contributed by atoms with Gasteiger partial charge in [-0.15, -0.1) is 0 Å². The highest BCUT2D eigenvalue weighted by Crippen LogP contribution is 2.20. The molecule has 20 heavy (non-hydrogen) atoms. The number of nitrogen functional groups attached to an aromatic ring is 1. The third-order valence-electron chi connectivity index (χ3n) is 2.57. The minimum absolute atomic E-state index is 0.0901. The molecule has 0 aliphatic carbocycles. The SMILES string of the molecule is Cc1cccc(CNc2cc([N+](=O)[O-])cc(NN)n2)n1. The fraction of sp³-hybridized carbons (Fsp3) is 0.167. The lowest BCUT2D eigenvalue weighted by Crippen LogP contribution is -2.11. The Kier molecular flexibility index (Phi) is 4.06. The second kappa shape index (κ2) is 5.93. The molecule has 2 aromatic heterocycles. The van der Waals surface area contributed by atoms with Gasteiger partial charge in [0, 0.05) is 5.69 Å². The number of hydrogen-bond donors (Lipinski definition) is 3. The molecule has 0 saturated heterocycles. The fourth-order valence-corrected chi connectivity index (χ4v) is 1.67. The quantitative estimate of drug-likeness (QED) is 0.430. The van der Waals surface area contributed by atoms with E-state index in [2.05, 4.69) is 20.7 Å². The zero-order chi connectivity index (χ0) is 14.5. The number of nitrogens with two attached hydrogens (primary N) is 1. The number of pyridine rings is 2. The number of nitro groups is 1. The third kappa shape index (κ3) is 3.39. The maximum absolute atomic E-state index is 10.8. The van der Waals surface area contributed by atoms with Crippen LogP contribution in [0.1, 0.15) is 11.4 Å². The molecule has 2 rings (SSSR count). The Morgan fingerprint density at radius 1 is 1.30 bits per heavy atom. The maximum Gasteiger partial charge on any atom is 0.276 e. The lowest BCUT2D eigenvalue weighted by Gasteiger charge is -2.07.